The molecule has 0 radical (unpaired) electrons. The molecule has 0 spiro atoms. The Morgan fingerprint density at radius 3 is 2.35 bits per heavy atom. The highest BCUT2D eigenvalue weighted by Crippen LogP contribution is 2.40. The Bertz CT molecular complexity index is 1400. The number of alkyl halides is 2. The molecule has 0 saturated carbocycles. The van der Waals surface area contributed by atoms with E-state index in [9.17, 15) is 8.78 Å². The molecule has 0 N–H and O–H groups in total. The van der Waals surface area contributed by atoms with E-state index >= 15 is 0 Å². The molecule has 37 heavy (non-hydrogen) atoms. The van der Waals surface area contributed by atoms with Crippen molar-refractivity contribution in [3.05, 3.63) is 95.3 Å². The fourth-order valence-corrected chi connectivity index (χ4v) is 5.71. The molecule has 1 aliphatic rings. The third-order valence-corrected chi connectivity index (χ3v) is 7.78. The smallest absolute Gasteiger partial charge is 0.300 e. The summed E-state index contributed by atoms with van der Waals surface area (Å²) in [5.74, 6) is 0.622. The van der Waals surface area contributed by atoms with E-state index in [0.717, 1.165) is 50.0 Å². The number of fused-ring (bicyclic) bond motifs is 1. The summed E-state index contributed by atoms with van der Waals surface area (Å²) >= 11 is 0. The molecule has 7 heteroatoms. The standard InChI is InChI=1S/C30H33F2N4P/c1-4-22-10-12-25(13-11-22)27-20(2)28(30(31,32)37)36-29(34-27)26(19-33-36)21(3)35-16-14-24(15-17-35)18-23-8-6-5-7-9-23/h5-13,19,24H,3-4,14-18,37H2,1-2H3. The number of hydrogen-bond donors (Lipinski definition) is 0. The van der Waals surface area contributed by atoms with Crippen LogP contribution in [0.15, 0.2) is 67.4 Å². The summed E-state index contributed by atoms with van der Waals surface area (Å²) in [7, 11) is 1.66. The van der Waals surface area contributed by atoms with Crippen molar-refractivity contribution in [3.63, 3.8) is 0 Å². The zero-order valence-corrected chi connectivity index (χ0v) is 22.6. The van der Waals surface area contributed by atoms with Crippen molar-refractivity contribution in [2.45, 2.75) is 45.2 Å². The van der Waals surface area contributed by atoms with Gasteiger partial charge in [0, 0.05) is 29.9 Å². The summed E-state index contributed by atoms with van der Waals surface area (Å²) in [5.41, 5.74) is 2.89. The fraction of sp³-hybridized carbons (Fsp3) is 0.333. The lowest BCUT2D eigenvalue weighted by Gasteiger charge is -2.34. The summed E-state index contributed by atoms with van der Waals surface area (Å²) in [6.45, 7) is 9.88. The Labute approximate surface area is 219 Å². The lowest BCUT2D eigenvalue weighted by molar-refractivity contribution is 0.0950. The molecule has 2 aromatic heterocycles. The minimum absolute atomic E-state index is 0.169. The number of halogens is 2. The highest BCUT2D eigenvalue weighted by Gasteiger charge is 2.34. The molecule has 1 atom stereocenters. The van der Waals surface area contributed by atoms with Crippen molar-refractivity contribution in [1.29, 1.82) is 0 Å². The van der Waals surface area contributed by atoms with Crippen LogP contribution < -0.4 is 0 Å². The predicted octanol–water partition coefficient (Wildman–Crippen LogP) is 7.12. The van der Waals surface area contributed by atoms with E-state index in [-0.39, 0.29) is 5.69 Å². The summed E-state index contributed by atoms with van der Waals surface area (Å²) in [6.07, 6.45) is 5.73. The van der Waals surface area contributed by atoms with Crippen LogP contribution in [0.5, 0.6) is 0 Å². The van der Waals surface area contributed by atoms with Crippen molar-refractivity contribution in [3.8, 4) is 11.3 Å². The number of piperidine rings is 1. The molecule has 3 heterocycles. The molecule has 4 aromatic rings. The normalized spacial score (nSPS) is 14.9. The molecule has 5 rings (SSSR count). The fourth-order valence-electron chi connectivity index (χ4n) is 5.37. The maximum absolute atomic E-state index is 14.9. The first-order chi connectivity index (χ1) is 17.8. The van der Waals surface area contributed by atoms with E-state index in [1.54, 1.807) is 22.4 Å². The van der Waals surface area contributed by atoms with Gasteiger partial charge < -0.3 is 4.90 Å². The Kier molecular flexibility index (Phi) is 7.13. The van der Waals surface area contributed by atoms with Gasteiger partial charge in [0.25, 0.3) is 0 Å². The van der Waals surface area contributed by atoms with Gasteiger partial charge in [-0.3, -0.25) is 0 Å². The van der Waals surface area contributed by atoms with Crippen molar-refractivity contribution in [1.82, 2.24) is 19.5 Å². The van der Waals surface area contributed by atoms with Gasteiger partial charge in [-0.2, -0.15) is 13.9 Å². The maximum Gasteiger partial charge on any atom is 0.300 e. The van der Waals surface area contributed by atoms with Crippen molar-refractivity contribution >= 4 is 20.6 Å². The molecular weight excluding hydrogens is 485 g/mol. The van der Waals surface area contributed by atoms with Gasteiger partial charge in [-0.15, -0.1) is 0 Å². The minimum Gasteiger partial charge on any atom is -0.371 e. The molecule has 1 saturated heterocycles. The predicted molar refractivity (Wildman–Crippen MR) is 150 cm³/mol. The van der Waals surface area contributed by atoms with Crippen molar-refractivity contribution in [2.24, 2.45) is 5.92 Å². The van der Waals surface area contributed by atoms with Gasteiger partial charge in [0.1, 0.15) is 5.69 Å². The molecule has 1 aliphatic heterocycles. The Balaban J connectivity index is 1.46. The Morgan fingerprint density at radius 1 is 1.05 bits per heavy atom. The maximum atomic E-state index is 14.9. The molecule has 1 unspecified atom stereocenters. The van der Waals surface area contributed by atoms with Crippen LogP contribution in [0.1, 0.15) is 47.7 Å². The van der Waals surface area contributed by atoms with Crippen LogP contribution in [0, 0.1) is 12.8 Å². The SMILES string of the molecule is C=C(c1cnn2c(C(F)(F)P)c(C)c(-c3ccc(CC)cc3)nc12)N1CCC(Cc2ccccc2)CC1. The van der Waals surface area contributed by atoms with Gasteiger partial charge in [0.2, 0.25) is 0 Å². The van der Waals surface area contributed by atoms with Crippen LogP contribution in [0.2, 0.25) is 0 Å². The van der Waals surface area contributed by atoms with Crippen LogP contribution in [0.4, 0.5) is 8.78 Å². The van der Waals surface area contributed by atoms with E-state index in [2.05, 4.69) is 47.8 Å². The molecule has 0 bridgehead atoms. The number of nitrogens with zero attached hydrogens (tertiary/aromatic N) is 4. The first-order valence-electron chi connectivity index (χ1n) is 12.9. The molecule has 1 fully saturated rings. The second-order valence-electron chi connectivity index (χ2n) is 9.97. The van der Waals surface area contributed by atoms with E-state index in [1.807, 2.05) is 30.3 Å². The summed E-state index contributed by atoms with van der Waals surface area (Å²) < 4.78 is 31.1. The lowest BCUT2D eigenvalue weighted by atomic mass is 9.90. The second kappa shape index (κ2) is 10.3. The molecule has 0 aliphatic carbocycles. The zero-order valence-electron chi connectivity index (χ0n) is 21.4. The van der Waals surface area contributed by atoms with Crippen LogP contribution in [0.25, 0.3) is 22.6 Å². The van der Waals surface area contributed by atoms with E-state index in [4.69, 9.17) is 4.98 Å². The van der Waals surface area contributed by atoms with Crippen LogP contribution >= 0.6 is 9.24 Å². The molecule has 0 amide bonds. The largest absolute Gasteiger partial charge is 0.371 e. The van der Waals surface area contributed by atoms with Gasteiger partial charge in [-0.25, -0.2) is 9.50 Å². The van der Waals surface area contributed by atoms with Crippen LogP contribution in [-0.2, 0) is 18.5 Å². The van der Waals surface area contributed by atoms with Crippen LogP contribution in [-0.4, -0.2) is 32.6 Å². The van der Waals surface area contributed by atoms with Crippen molar-refractivity contribution in [2.75, 3.05) is 13.1 Å². The third kappa shape index (κ3) is 5.17. The van der Waals surface area contributed by atoms with Crippen molar-refractivity contribution < 1.29 is 8.78 Å². The number of aryl methyl sites for hydroxylation is 1. The highest BCUT2D eigenvalue weighted by molar-refractivity contribution is 7.17. The topological polar surface area (TPSA) is 33.4 Å². The first-order valence-corrected chi connectivity index (χ1v) is 13.5. The van der Waals surface area contributed by atoms with Gasteiger partial charge in [0.05, 0.1) is 17.5 Å². The lowest BCUT2D eigenvalue weighted by Crippen LogP contribution is -2.32. The Hall–Kier alpha value is -3.11. The van der Waals surface area contributed by atoms with Crippen LogP contribution in [0.3, 0.4) is 0 Å². The average Bonchev–Trinajstić information content (AvgIpc) is 3.31. The number of benzene rings is 2. The third-order valence-electron chi connectivity index (χ3n) is 7.51. The van der Waals surface area contributed by atoms with E-state index in [1.165, 1.54) is 15.6 Å². The summed E-state index contributed by atoms with van der Waals surface area (Å²) in [6, 6.07) is 18.6. The van der Waals surface area contributed by atoms with Gasteiger partial charge in [0.15, 0.2) is 5.65 Å². The average molecular weight is 519 g/mol. The van der Waals surface area contributed by atoms with E-state index in [0.29, 0.717) is 28.4 Å². The molecular formula is C30H33F2N4P. The summed E-state index contributed by atoms with van der Waals surface area (Å²) in [5, 5.41) is 4.37. The second-order valence-corrected chi connectivity index (χ2v) is 10.7. The first kappa shape index (κ1) is 25.5. The number of rotatable bonds is 7. The number of aromatic nitrogens is 3. The van der Waals surface area contributed by atoms with Gasteiger partial charge >= 0.3 is 5.66 Å². The minimum atomic E-state index is -3.16. The van der Waals surface area contributed by atoms with Gasteiger partial charge in [-0.05, 0) is 49.7 Å². The number of hydrogen-bond acceptors (Lipinski definition) is 3. The molecule has 4 nitrogen and oxygen atoms in total. The van der Waals surface area contributed by atoms with E-state index < -0.39 is 5.66 Å². The van der Waals surface area contributed by atoms with Gasteiger partial charge in [-0.1, -0.05) is 77.3 Å². The monoisotopic (exact) mass is 518 g/mol. The number of likely N-dealkylation sites (tertiary alicyclic amines) is 1. The Morgan fingerprint density at radius 2 is 1.73 bits per heavy atom. The molecule has 192 valence electrons. The molecule has 2 aromatic carbocycles. The zero-order chi connectivity index (χ0) is 26.2. The highest BCUT2D eigenvalue weighted by atomic mass is 31.0. The quantitative estimate of drug-likeness (QED) is 0.244. The summed E-state index contributed by atoms with van der Waals surface area (Å²) in [4.78, 5) is 7.14.